The van der Waals surface area contributed by atoms with Gasteiger partial charge in [0.2, 0.25) is 0 Å². The second kappa shape index (κ2) is 7.55. The molecule has 2 rings (SSSR count). The third-order valence-corrected chi connectivity index (χ3v) is 2.74. The van der Waals surface area contributed by atoms with E-state index in [1.807, 2.05) is 24.3 Å². The third-order valence-electron chi connectivity index (χ3n) is 2.56. The molecule has 106 valence electrons. The van der Waals surface area contributed by atoms with Crippen molar-refractivity contribution in [2.45, 2.75) is 6.42 Å². The molecule has 0 saturated carbocycles. The van der Waals surface area contributed by atoms with Gasteiger partial charge >= 0.3 is 0 Å². The molecule has 5 nitrogen and oxygen atoms in total. The maximum absolute atomic E-state index is 5.74. The van der Waals surface area contributed by atoms with E-state index < -0.39 is 0 Å². The predicted octanol–water partition coefficient (Wildman–Crippen LogP) is 3.02. The zero-order valence-corrected chi connectivity index (χ0v) is 11.9. The van der Waals surface area contributed by atoms with Crippen LogP contribution in [0, 0.1) is 0 Å². The largest absolute Gasteiger partial charge is 0.497 e. The van der Waals surface area contributed by atoms with Crippen molar-refractivity contribution in [3.05, 3.63) is 41.8 Å². The van der Waals surface area contributed by atoms with Crippen LogP contribution in [0.25, 0.3) is 0 Å². The van der Waals surface area contributed by atoms with Crippen molar-refractivity contribution in [1.29, 1.82) is 0 Å². The van der Waals surface area contributed by atoms with Gasteiger partial charge in [-0.3, -0.25) is 4.98 Å². The van der Waals surface area contributed by atoms with Crippen LogP contribution in [0.3, 0.4) is 0 Å². The minimum atomic E-state index is 0.379. The molecule has 20 heavy (non-hydrogen) atoms. The molecule has 0 fully saturated rings. The molecule has 6 heteroatoms. The Bertz CT molecular complexity index is 534. The number of aromatic nitrogens is 2. The highest BCUT2D eigenvalue weighted by Gasteiger charge is 1.97. The number of benzene rings is 1. The number of halogens is 1. The van der Waals surface area contributed by atoms with Crippen molar-refractivity contribution in [2.24, 2.45) is 0 Å². The van der Waals surface area contributed by atoms with Gasteiger partial charge in [-0.15, -0.1) is 0 Å². The average molecular weight is 294 g/mol. The van der Waals surface area contributed by atoms with Crippen molar-refractivity contribution in [2.75, 3.05) is 25.6 Å². The van der Waals surface area contributed by atoms with Crippen LogP contribution in [-0.4, -0.2) is 30.2 Å². The van der Waals surface area contributed by atoms with Gasteiger partial charge in [0.25, 0.3) is 0 Å². The Morgan fingerprint density at radius 3 is 2.60 bits per heavy atom. The Hall–Kier alpha value is -2.01. The molecule has 0 radical (unpaired) electrons. The van der Waals surface area contributed by atoms with Crippen LogP contribution in [0.1, 0.15) is 6.42 Å². The van der Waals surface area contributed by atoms with Gasteiger partial charge in [0.1, 0.15) is 22.5 Å². The zero-order valence-electron chi connectivity index (χ0n) is 11.2. The number of anilines is 1. The first kappa shape index (κ1) is 14.4. The number of rotatable bonds is 7. The van der Waals surface area contributed by atoms with E-state index in [1.165, 1.54) is 6.20 Å². The van der Waals surface area contributed by atoms with Crippen molar-refractivity contribution >= 4 is 17.4 Å². The highest BCUT2D eigenvalue weighted by molar-refractivity contribution is 6.29. The molecule has 1 aromatic heterocycles. The maximum atomic E-state index is 5.74. The summed E-state index contributed by atoms with van der Waals surface area (Å²) in [5.74, 6) is 2.31. The number of hydrogen-bond acceptors (Lipinski definition) is 5. The van der Waals surface area contributed by atoms with Gasteiger partial charge in [-0.1, -0.05) is 11.6 Å². The summed E-state index contributed by atoms with van der Waals surface area (Å²) in [4.78, 5) is 8.03. The molecule has 2 aromatic rings. The van der Waals surface area contributed by atoms with Crippen LogP contribution < -0.4 is 14.8 Å². The van der Waals surface area contributed by atoms with Gasteiger partial charge in [-0.05, 0) is 30.7 Å². The monoisotopic (exact) mass is 293 g/mol. The topological polar surface area (TPSA) is 56.3 Å². The Morgan fingerprint density at radius 2 is 1.90 bits per heavy atom. The lowest BCUT2D eigenvalue weighted by atomic mass is 10.3. The lowest BCUT2D eigenvalue weighted by Crippen LogP contribution is -2.08. The number of hydrogen-bond donors (Lipinski definition) is 1. The van der Waals surface area contributed by atoms with E-state index in [-0.39, 0.29) is 0 Å². The molecular weight excluding hydrogens is 278 g/mol. The normalized spacial score (nSPS) is 10.1. The molecule has 1 N–H and O–H groups in total. The molecule has 0 aliphatic carbocycles. The van der Waals surface area contributed by atoms with Gasteiger partial charge in [0, 0.05) is 6.54 Å². The number of nitrogens with zero attached hydrogens (tertiary/aromatic N) is 2. The number of ether oxygens (including phenoxy) is 2. The van der Waals surface area contributed by atoms with Gasteiger partial charge in [-0.25, -0.2) is 4.98 Å². The van der Waals surface area contributed by atoms with Gasteiger partial charge in [0.15, 0.2) is 0 Å². The van der Waals surface area contributed by atoms with Crippen molar-refractivity contribution in [3.8, 4) is 11.5 Å². The van der Waals surface area contributed by atoms with Crippen LogP contribution in [0.2, 0.25) is 5.15 Å². The molecule has 0 aliphatic heterocycles. The van der Waals surface area contributed by atoms with Crippen molar-refractivity contribution < 1.29 is 9.47 Å². The first-order valence-corrected chi connectivity index (χ1v) is 6.64. The van der Waals surface area contributed by atoms with E-state index in [4.69, 9.17) is 21.1 Å². The standard InChI is InChI=1S/C14H16ClN3O2/c1-19-11-3-5-12(6-4-11)20-8-2-7-17-14-10-16-9-13(15)18-14/h3-6,9-10H,2,7-8H2,1H3,(H,17,18). The van der Waals surface area contributed by atoms with Crippen LogP contribution in [0.4, 0.5) is 5.82 Å². The third kappa shape index (κ3) is 4.59. The van der Waals surface area contributed by atoms with Crippen molar-refractivity contribution in [1.82, 2.24) is 9.97 Å². The lowest BCUT2D eigenvalue weighted by molar-refractivity contribution is 0.314. The predicted molar refractivity (Wildman–Crippen MR) is 78.6 cm³/mol. The zero-order chi connectivity index (χ0) is 14.2. The summed E-state index contributed by atoms with van der Waals surface area (Å²) in [6, 6.07) is 7.51. The molecule has 0 spiro atoms. The summed E-state index contributed by atoms with van der Waals surface area (Å²) in [5, 5.41) is 3.51. The minimum absolute atomic E-state index is 0.379. The molecule has 0 atom stereocenters. The molecule has 1 aromatic carbocycles. The second-order valence-electron chi connectivity index (χ2n) is 4.03. The number of nitrogens with one attached hydrogen (secondary N) is 1. The van der Waals surface area contributed by atoms with Crippen LogP contribution in [0.15, 0.2) is 36.7 Å². The van der Waals surface area contributed by atoms with Gasteiger partial charge in [0.05, 0.1) is 26.1 Å². The first-order chi connectivity index (χ1) is 9.78. The molecule has 0 unspecified atom stereocenters. The molecule has 0 amide bonds. The van der Waals surface area contributed by atoms with Gasteiger partial charge in [-0.2, -0.15) is 0 Å². The summed E-state index contributed by atoms with van der Waals surface area (Å²) < 4.78 is 10.7. The highest BCUT2D eigenvalue weighted by Crippen LogP contribution is 2.17. The summed E-state index contributed by atoms with van der Waals surface area (Å²) in [6.07, 6.45) is 3.98. The molecular formula is C14H16ClN3O2. The molecule has 0 bridgehead atoms. The lowest BCUT2D eigenvalue weighted by Gasteiger charge is -2.08. The van der Waals surface area contributed by atoms with E-state index in [0.29, 0.717) is 17.6 Å². The van der Waals surface area contributed by atoms with E-state index >= 15 is 0 Å². The van der Waals surface area contributed by atoms with Crippen LogP contribution in [0.5, 0.6) is 11.5 Å². The molecule has 0 aliphatic rings. The summed E-state index contributed by atoms with van der Waals surface area (Å²) in [5.41, 5.74) is 0. The maximum Gasteiger partial charge on any atom is 0.149 e. The average Bonchev–Trinajstić information content (AvgIpc) is 2.48. The Kier molecular flexibility index (Phi) is 5.43. The summed E-state index contributed by atoms with van der Waals surface area (Å²) in [7, 11) is 1.64. The van der Waals surface area contributed by atoms with Gasteiger partial charge < -0.3 is 14.8 Å². The molecule has 1 heterocycles. The first-order valence-electron chi connectivity index (χ1n) is 6.26. The van der Waals surface area contributed by atoms with E-state index in [9.17, 15) is 0 Å². The van der Waals surface area contributed by atoms with Crippen molar-refractivity contribution in [3.63, 3.8) is 0 Å². The van der Waals surface area contributed by atoms with E-state index in [2.05, 4.69) is 15.3 Å². The fraction of sp³-hybridized carbons (Fsp3) is 0.286. The Labute approximate surface area is 122 Å². The molecule has 0 saturated heterocycles. The van der Waals surface area contributed by atoms with E-state index in [1.54, 1.807) is 13.3 Å². The smallest absolute Gasteiger partial charge is 0.149 e. The quantitative estimate of drug-likeness (QED) is 0.795. The van der Waals surface area contributed by atoms with E-state index in [0.717, 1.165) is 24.5 Å². The SMILES string of the molecule is COc1ccc(OCCCNc2cncc(Cl)n2)cc1. The van der Waals surface area contributed by atoms with Crippen LogP contribution in [-0.2, 0) is 0 Å². The second-order valence-corrected chi connectivity index (χ2v) is 4.42. The number of methoxy groups -OCH3 is 1. The minimum Gasteiger partial charge on any atom is -0.497 e. The Morgan fingerprint density at radius 1 is 1.15 bits per heavy atom. The fourth-order valence-electron chi connectivity index (χ4n) is 1.58. The summed E-state index contributed by atoms with van der Waals surface area (Å²) in [6.45, 7) is 1.36. The Balaban J connectivity index is 1.66. The van der Waals surface area contributed by atoms with Crippen LogP contribution >= 0.6 is 11.6 Å². The fourth-order valence-corrected chi connectivity index (χ4v) is 1.73. The summed E-state index contributed by atoms with van der Waals surface area (Å²) >= 11 is 5.74. The highest BCUT2D eigenvalue weighted by atomic mass is 35.5.